The van der Waals surface area contributed by atoms with E-state index in [2.05, 4.69) is 34.7 Å². The van der Waals surface area contributed by atoms with E-state index in [1.165, 1.54) is 16.4 Å². The Bertz CT molecular complexity index is 412. The zero-order chi connectivity index (χ0) is 11.9. The number of aliphatic hydroxyl groups excluding tert-OH is 1. The Labute approximate surface area is 116 Å². The summed E-state index contributed by atoms with van der Waals surface area (Å²) in [4.78, 5) is 0. The highest BCUT2D eigenvalue weighted by Gasteiger charge is 2.57. The summed E-state index contributed by atoms with van der Waals surface area (Å²) < 4.78 is 7.27. The molecule has 0 heterocycles. The van der Waals surface area contributed by atoms with Crippen molar-refractivity contribution in [1.29, 1.82) is 0 Å². The molecule has 1 N–H and O–H groups in total. The highest BCUT2D eigenvalue weighted by atomic mass is 127. The number of benzene rings is 1. The third-order valence-corrected chi connectivity index (χ3v) is 5.02. The van der Waals surface area contributed by atoms with Gasteiger partial charge in [-0.15, -0.1) is 0 Å². The van der Waals surface area contributed by atoms with E-state index in [1.807, 2.05) is 12.1 Å². The molecule has 2 atom stereocenters. The second-order valence-electron chi connectivity index (χ2n) is 5.26. The molecule has 0 aliphatic heterocycles. The Morgan fingerprint density at radius 2 is 2.06 bits per heavy atom. The van der Waals surface area contributed by atoms with E-state index in [0.29, 0.717) is 0 Å². The first-order valence-electron chi connectivity index (χ1n) is 6.31. The van der Waals surface area contributed by atoms with Crippen LogP contribution in [0.1, 0.15) is 32.1 Å². The Morgan fingerprint density at radius 1 is 1.29 bits per heavy atom. The zero-order valence-corrected chi connectivity index (χ0v) is 11.9. The lowest BCUT2D eigenvalue weighted by molar-refractivity contribution is -0.152. The monoisotopic (exact) mass is 344 g/mol. The molecule has 0 radical (unpaired) electrons. The molecule has 0 bridgehead atoms. The molecule has 3 heteroatoms. The number of hydrogen-bond acceptors (Lipinski definition) is 2. The Kier molecular flexibility index (Phi) is 3.07. The molecule has 0 amide bonds. The van der Waals surface area contributed by atoms with Crippen LogP contribution in [-0.4, -0.2) is 17.3 Å². The standard InChI is InChI=1S/C14H17IO2/c15-10-4-3-5-11(8-10)17-13-9-12(16)14(13)6-1-2-7-14/h3-5,8,12-13,16H,1-2,6-7,9H2. The van der Waals surface area contributed by atoms with E-state index < -0.39 is 0 Å². The van der Waals surface area contributed by atoms with E-state index in [1.54, 1.807) is 0 Å². The topological polar surface area (TPSA) is 29.5 Å². The molecular formula is C14H17IO2. The van der Waals surface area contributed by atoms with Gasteiger partial charge in [0.15, 0.2) is 0 Å². The molecule has 2 nitrogen and oxygen atoms in total. The van der Waals surface area contributed by atoms with Gasteiger partial charge in [0.2, 0.25) is 0 Å². The van der Waals surface area contributed by atoms with Gasteiger partial charge in [0.05, 0.1) is 6.10 Å². The second kappa shape index (κ2) is 4.43. The summed E-state index contributed by atoms with van der Waals surface area (Å²) >= 11 is 2.30. The van der Waals surface area contributed by atoms with Gasteiger partial charge in [-0.05, 0) is 53.6 Å². The fraction of sp³-hybridized carbons (Fsp3) is 0.571. The van der Waals surface area contributed by atoms with Crippen LogP contribution in [0.2, 0.25) is 0 Å². The van der Waals surface area contributed by atoms with Crippen molar-refractivity contribution in [3.05, 3.63) is 27.8 Å². The van der Waals surface area contributed by atoms with Crippen molar-refractivity contribution >= 4 is 22.6 Å². The van der Waals surface area contributed by atoms with Crippen LogP contribution in [0.25, 0.3) is 0 Å². The van der Waals surface area contributed by atoms with Crippen molar-refractivity contribution in [1.82, 2.24) is 0 Å². The lowest BCUT2D eigenvalue weighted by atomic mass is 9.62. The van der Waals surface area contributed by atoms with Crippen LogP contribution in [0.4, 0.5) is 0 Å². The van der Waals surface area contributed by atoms with E-state index in [0.717, 1.165) is 25.0 Å². The summed E-state index contributed by atoms with van der Waals surface area (Å²) in [6.45, 7) is 0. The van der Waals surface area contributed by atoms with Gasteiger partial charge < -0.3 is 9.84 Å². The van der Waals surface area contributed by atoms with Gasteiger partial charge in [0.25, 0.3) is 0 Å². The predicted octanol–water partition coefficient (Wildman–Crippen LogP) is 3.36. The Balaban J connectivity index is 1.74. The molecule has 1 aromatic carbocycles. The van der Waals surface area contributed by atoms with E-state index >= 15 is 0 Å². The lowest BCUT2D eigenvalue weighted by Crippen LogP contribution is -2.58. The van der Waals surface area contributed by atoms with Crippen molar-refractivity contribution in [2.45, 2.75) is 44.3 Å². The number of ether oxygens (including phenoxy) is 1. The zero-order valence-electron chi connectivity index (χ0n) is 9.73. The average molecular weight is 344 g/mol. The molecule has 17 heavy (non-hydrogen) atoms. The third kappa shape index (κ3) is 1.97. The molecule has 0 aromatic heterocycles. The average Bonchev–Trinajstić information content (AvgIpc) is 2.80. The molecule has 1 spiro atoms. The summed E-state index contributed by atoms with van der Waals surface area (Å²) in [6.07, 6.45) is 5.61. The van der Waals surface area contributed by atoms with Crippen LogP contribution in [0, 0.1) is 8.99 Å². The molecule has 2 saturated carbocycles. The van der Waals surface area contributed by atoms with Crippen LogP contribution >= 0.6 is 22.6 Å². The fourth-order valence-corrected chi connectivity index (χ4v) is 3.80. The van der Waals surface area contributed by atoms with Crippen molar-refractivity contribution < 1.29 is 9.84 Å². The van der Waals surface area contributed by atoms with Gasteiger partial charge >= 0.3 is 0 Å². The largest absolute Gasteiger partial charge is 0.490 e. The van der Waals surface area contributed by atoms with Crippen LogP contribution < -0.4 is 4.74 Å². The van der Waals surface area contributed by atoms with Gasteiger partial charge in [0.1, 0.15) is 11.9 Å². The molecular weight excluding hydrogens is 327 g/mol. The number of rotatable bonds is 2. The van der Waals surface area contributed by atoms with Crippen molar-refractivity contribution in [3.63, 3.8) is 0 Å². The highest BCUT2D eigenvalue weighted by Crippen LogP contribution is 2.54. The first kappa shape index (κ1) is 11.8. The summed E-state index contributed by atoms with van der Waals surface area (Å²) in [6, 6.07) is 8.16. The summed E-state index contributed by atoms with van der Waals surface area (Å²) in [5, 5.41) is 10.0. The smallest absolute Gasteiger partial charge is 0.120 e. The van der Waals surface area contributed by atoms with Gasteiger partial charge in [-0.1, -0.05) is 18.9 Å². The SMILES string of the molecule is OC1CC(Oc2cccc(I)c2)C12CCCC2. The molecule has 2 unspecified atom stereocenters. The molecule has 3 rings (SSSR count). The van der Waals surface area contributed by atoms with Crippen LogP contribution in [0.15, 0.2) is 24.3 Å². The van der Waals surface area contributed by atoms with Crippen molar-refractivity contribution in [2.24, 2.45) is 5.41 Å². The fourth-order valence-electron chi connectivity index (χ4n) is 3.28. The maximum Gasteiger partial charge on any atom is 0.120 e. The minimum Gasteiger partial charge on any atom is -0.490 e. The highest BCUT2D eigenvalue weighted by molar-refractivity contribution is 14.1. The molecule has 2 fully saturated rings. The second-order valence-corrected chi connectivity index (χ2v) is 6.50. The molecule has 0 saturated heterocycles. The maximum atomic E-state index is 10.0. The number of aliphatic hydroxyl groups is 1. The predicted molar refractivity (Wildman–Crippen MR) is 75.1 cm³/mol. The Hall–Kier alpha value is -0.290. The van der Waals surface area contributed by atoms with Gasteiger partial charge in [-0.25, -0.2) is 0 Å². The van der Waals surface area contributed by atoms with Gasteiger partial charge in [-0.3, -0.25) is 0 Å². The first-order valence-corrected chi connectivity index (χ1v) is 7.39. The normalized spacial score (nSPS) is 30.2. The first-order chi connectivity index (χ1) is 8.21. The maximum absolute atomic E-state index is 10.0. The van der Waals surface area contributed by atoms with Crippen molar-refractivity contribution in [3.8, 4) is 5.75 Å². The number of halogens is 1. The quantitative estimate of drug-likeness (QED) is 0.834. The van der Waals surface area contributed by atoms with Crippen molar-refractivity contribution in [2.75, 3.05) is 0 Å². The molecule has 2 aliphatic rings. The van der Waals surface area contributed by atoms with E-state index in [4.69, 9.17) is 4.74 Å². The Morgan fingerprint density at radius 3 is 2.71 bits per heavy atom. The van der Waals surface area contributed by atoms with E-state index in [-0.39, 0.29) is 17.6 Å². The molecule has 1 aromatic rings. The summed E-state index contributed by atoms with van der Waals surface area (Å²) in [5.74, 6) is 0.945. The summed E-state index contributed by atoms with van der Waals surface area (Å²) in [7, 11) is 0. The minimum absolute atomic E-state index is 0.0707. The van der Waals surface area contributed by atoms with Gasteiger partial charge in [0, 0.05) is 15.4 Å². The molecule has 2 aliphatic carbocycles. The van der Waals surface area contributed by atoms with Crippen LogP contribution in [0.5, 0.6) is 5.75 Å². The van der Waals surface area contributed by atoms with Gasteiger partial charge in [-0.2, -0.15) is 0 Å². The minimum atomic E-state index is -0.141. The van der Waals surface area contributed by atoms with E-state index in [9.17, 15) is 5.11 Å². The third-order valence-electron chi connectivity index (χ3n) is 4.35. The molecule has 92 valence electrons. The lowest BCUT2D eigenvalue weighted by Gasteiger charge is -2.51. The number of hydrogen-bond donors (Lipinski definition) is 1. The summed E-state index contributed by atoms with van der Waals surface area (Å²) in [5.41, 5.74) is 0.0707. The van der Waals surface area contributed by atoms with Crippen LogP contribution in [-0.2, 0) is 0 Å². The van der Waals surface area contributed by atoms with Crippen LogP contribution in [0.3, 0.4) is 0 Å².